The minimum atomic E-state index is -0.212. The van der Waals surface area contributed by atoms with Crippen LogP contribution >= 0.6 is 15.9 Å². The SMILES string of the molecule is O=C(Nc1ccc(N2CCc3ccccc3C2)c(C(=O)NC2CCCCC2)c1)c1ccccc1Br. The Morgan fingerprint density at radius 3 is 2.37 bits per heavy atom. The van der Waals surface area contributed by atoms with E-state index in [2.05, 4.69) is 55.7 Å². The number of halogens is 1. The minimum Gasteiger partial charge on any atom is -0.366 e. The van der Waals surface area contributed by atoms with Gasteiger partial charge in [0.1, 0.15) is 0 Å². The standard InChI is InChI=1S/C29H30BrN3O2/c30-26-13-7-6-12-24(26)28(34)32-23-14-15-27(33-17-16-20-8-4-5-9-21(20)19-33)25(18-23)29(35)31-22-10-2-1-3-11-22/h4-9,12-15,18,22H,1-3,10-11,16-17,19H2,(H,31,35)(H,32,34). The molecule has 0 radical (unpaired) electrons. The van der Waals surface area contributed by atoms with Crippen molar-refractivity contribution in [1.82, 2.24) is 5.32 Å². The Morgan fingerprint density at radius 1 is 0.829 bits per heavy atom. The molecule has 0 unspecified atom stereocenters. The summed E-state index contributed by atoms with van der Waals surface area (Å²) in [6.45, 7) is 1.62. The normalized spacial score (nSPS) is 15.9. The maximum Gasteiger partial charge on any atom is 0.256 e. The number of nitrogens with zero attached hydrogens (tertiary/aromatic N) is 1. The highest BCUT2D eigenvalue weighted by atomic mass is 79.9. The molecular weight excluding hydrogens is 502 g/mol. The van der Waals surface area contributed by atoms with Gasteiger partial charge in [-0.1, -0.05) is 55.7 Å². The molecule has 1 saturated carbocycles. The van der Waals surface area contributed by atoms with Crippen LogP contribution in [0.4, 0.5) is 11.4 Å². The fourth-order valence-corrected chi connectivity index (χ4v) is 5.59. The van der Waals surface area contributed by atoms with Crippen LogP contribution in [-0.4, -0.2) is 24.4 Å². The van der Waals surface area contributed by atoms with Crippen LogP contribution in [0.3, 0.4) is 0 Å². The van der Waals surface area contributed by atoms with Crippen LogP contribution in [0.25, 0.3) is 0 Å². The summed E-state index contributed by atoms with van der Waals surface area (Å²) in [4.78, 5) is 28.7. The van der Waals surface area contributed by atoms with Gasteiger partial charge in [-0.05, 0) is 76.7 Å². The number of anilines is 2. The lowest BCUT2D eigenvalue weighted by atomic mass is 9.95. The summed E-state index contributed by atoms with van der Waals surface area (Å²) in [7, 11) is 0. The van der Waals surface area contributed by atoms with Gasteiger partial charge < -0.3 is 15.5 Å². The highest BCUT2D eigenvalue weighted by Gasteiger charge is 2.24. The van der Waals surface area contributed by atoms with Crippen LogP contribution in [0.15, 0.2) is 71.2 Å². The van der Waals surface area contributed by atoms with E-state index in [9.17, 15) is 9.59 Å². The lowest BCUT2D eigenvalue weighted by Crippen LogP contribution is -2.38. The topological polar surface area (TPSA) is 61.4 Å². The zero-order chi connectivity index (χ0) is 24.2. The van der Waals surface area contributed by atoms with E-state index >= 15 is 0 Å². The monoisotopic (exact) mass is 531 g/mol. The number of nitrogens with one attached hydrogen (secondary N) is 2. The third kappa shape index (κ3) is 5.43. The molecule has 5 rings (SSSR count). The predicted octanol–water partition coefficient (Wildman–Crippen LogP) is 6.33. The number of hydrogen-bond donors (Lipinski definition) is 2. The Balaban J connectivity index is 1.43. The molecule has 35 heavy (non-hydrogen) atoms. The van der Waals surface area contributed by atoms with E-state index in [-0.39, 0.29) is 17.9 Å². The molecule has 2 aliphatic rings. The molecule has 2 N–H and O–H groups in total. The molecule has 0 atom stereocenters. The van der Waals surface area contributed by atoms with Gasteiger partial charge in [-0.3, -0.25) is 9.59 Å². The molecule has 1 aliphatic heterocycles. The second-order valence-corrected chi connectivity index (χ2v) is 10.3. The van der Waals surface area contributed by atoms with Gasteiger partial charge in [-0.15, -0.1) is 0 Å². The lowest BCUT2D eigenvalue weighted by Gasteiger charge is -2.32. The average molecular weight is 532 g/mol. The molecule has 2 amide bonds. The quantitative estimate of drug-likeness (QED) is 0.404. The first-order valence-corrected chi connectivity index (χ1v) is 13.2. The molecule has 0 saturated heterocycles. The predicted molar refractivity (Wildman–Crippen MR) is 144 cm³/mol. The summed E-state index contributed by atoms with van der Waals surface area (Å²) in [5.74, 6) is -0.279. The lowest BCUT2D eigenvalue weighted by molar-refractivity contribution is 0.0927. The van der Waals surface area contributed by atoms with Crippen LogP contribution in [0, 0.1) is 0 Å². The van der Waals surface area contributed by atoms with E-state index in [0.717, 1.165) is 55.4 Å². The molecule has 0 aromatic heterocycles. The van der Waals surface area contributed by atoms with Crippen molar-refractivity contribution < 1.29 is 9.59 Å². The summed E-state index contributed by atoms with van der Waals surface area (Å²) in [6, 6.07) is 21.7. The number of rotatable bonds is 5. The Bertz CT molecular complexity index is 1240. The number of amides is 2. The second kappa shape index (κ2) is 10.6. The van der Waals surface area contributed by atoms with Crippen LogP contribution in [-0.2, 0) is 13.0 Å². The minimum absolute atomic E-state index is 0.0669. The molecule has 5 nitrogen and oxygen atoms in total. The third-order valence-electron chi connectivity index (χ3n) is 7.03. The fraction of sp³-hybridized carbons (Fsp3) is 0.310. The van der Waals surface area contributed by atoms with Crippen molar-refractivity contribution in [3.63, 3.8) is 0 Å². The van der Waals surface area contributed by atoms with Gasteiger partial charge in [-0.25, -0.2) is 0 Å². The number of carbonyl (C=O) groups excluding carboxylic acids is 2. The molecule has 1 aliphatic carbocycles. The smallest absolute Gasteiger partial charge is 0.256 e. The maximum atomic E-state index is 13.5. The number of fused-ring (bicyclic) bond motifs is 1. The summed E-state index contributed by atoms with van der Waals surface area (Å²) >= 11 is 3.45. The molecule has 6 heteroatoms. The van der Waals surface area contributed by atoms with Crippen LogP contribution < -0.4 is 15.5 Å². The number of carbonyl (C=O) groups is 2. The highest BCUT2D eigenvalue weighted by molar-refractivity contribution is 9.10. The first kappa shape index (κ1) is 23.6. The van der Waals surface area contributed by atoms with Crippen LogP contribution in [0.2, 0.25) is 0 Å². The van der Waals surface area contributed by atoms with Crippen molar-refractivity contribution in [1.29, 1.82) is 0 Å². The largest absolute Gasteiger partial charge is 0.366 e. The summed E-state index contributed by atoms with van der Waals surface area (Å²) in [5.41, 5.74) is 5.35. The second-order valence-electron chi connectivity index (χ2n) is 9.41. The first-order chi connectivity index (χ1) is 17.1. The Kier molecular flexibility index (Phi) is 7.19. The summed E-state index contributed by atoms with van der Waals surface area (Å²) < 4.78 is 0.733. The zero-order valence-electron chi connectivity index (χ0n) is 19.7. The van der Waals surface area contributed by atoms with Gasteiger partial charge in [0.2, 0.25) is 0 Å². The van der Waals surface area contributed by atoms with Crippen molar-refractivity contribution in [2.75, 3.05) is 16.8 Å². The van der Waals surface area contributed by atoms with Crippen LogP contribution in [0.1, 0.15) is 63.9 Å². The van der Waals surface area contributed by atoms with E-state index in [1.54, 1.807) is 6.07 Å². The Hall–Kier alpha value is -3.12. The summed E-state index contributed by atoms with van der Waals surface area (Å²) in [5, 5.41) is 6.25. The average Bonchev–Trinajstić information content (AvgIpc) is 2.89. The number of hydrogen-bond acceptors (Lipinski definition) is 3. The van der Waals surface area contributed by atoms with Gasteiger partial charge in [0.05, 0.1) is 11.1 Å². The van der Waals surface area contributed by atoms with Gasteiger partial charge in [0.15, 0.2) is 0 Å². The Morgan fingerprint density at radius 2 is 1.57 bits per heavy atom. The molecule has 0 spiro atoms. The van der Waals surface area contributed by atoms with E-state index in [0.29, 0.717) is 16.8 Å². The molecule has 180 valence electrons. The molecule has 3 aromatic carbocycles. The van der Waals surface area contributed by atoms with E-state index < -0.39 is 0 Å². The van der Waals surface area contributed by atoms with Gasteiger partial charge in [-0.2, -0.15) is 0 Å². The molecule has 1 fully saturated rings. The van der Waals surface area contributed by atoms with Crippen molar-refractivity contribution in [2.24, 2.45) is 0 Å². The van der Waals surface area contributed by atoms with E-state index in [1.807, 2.05) is 36.4 Å². The van der Waals surface area contributed by atoms with E-state index in [4.69, 9.17) is 0 Å². The molecule has 0 bridgehead atoms. The van der Waals surface area contributed by atoms with Crippen molar-refractivity contribution in [2.45, 2.75) is 51.1 Å². The van der Waals surface area contributed by atoms with E-state index in [1.165, 1.54) is 17.5 Å². The molecular formula is C29H30BrN3O2. The van der Waals surface area contributed by atoms with Crippen molar-refractivity contribution >= 4 is 39.1 Å². The third-order valence-corrected chi connectivity index (χ3v) is 7.72. The van der Waals surface area contributed by atoms with Crippen molar-refractivity contribution in [3.05, 3.63) is 93.5 Å². The van der Waals surface area contributed by atoms with Gasteiger partial charge in [0.25, 0.3) is 11.8 Å². The highest BCUT2D eigenvalue weighted by Crippen LogP contribution is 2.30. The first-order valence-electron chi connectivity index (χ1n) is 12.4. The summed E-state index contributed by atoms with van der Waals surface area (Å²) in [6.07, 6.45) is 6.54. The maximum absolute atomic E-state index is 13.5. The Labute approximate surface area is 215 Å². The van der Waals surface area contributed by atoms with Gasteiger partial charge in [0, 0.05) is 35.0 Å². The zero-order valence-corrected chi connectivity index (χ0v) is 21.3. The fourth-order valence-electron chi connectivity index (χ4n) is 5.13. The van der Waals surface area contributed by atoms with Gasteiger partial charge >= 0.3 is 0 Å². The molecule has 1 heterocycles. The van der Waals surface area contributed by atoms with Crippen molar-refractivity contribution in [3.8, 4) is 0 Å². The number of benzene rings is 3. The van der Waals surface area contributed by atoms with Crippen LogP contribution in [0.5, 0.6) is 0 Å². The molecule has 3 aromatic rings.